The van der Waals surface area contributed by atoms with Crippen molar-refractivity contribution in [3.05, 3.63) is 71.5 Å². The van der Waals surface area contributed by atoms with E-state index < -0.39 is 5.97 Å². The lowest BCUT2D eigenvalue weighted by Crippen LogP contribution is -2.08. The van der Waals surface area contributed by atoms with Crippen molar-refractivity contribution < 1.29 is 9.53 Å². The number of esters is 1. The Bertz CT molecular complexity index is 1130. The van der Waals surface area contributed by atoms with Crippen molar-refractivity contribution in [2.24, 2.45) is 0 Å². The van der Waals surface area contributed by atoms with Crippen LogP contribution in [0.3, 0.4) is 0 Å². The highest BCUT2D eigenvalue weighted by molar-refractivity contribution is 6.31. The number of halogens is 1. The van der Waals surface area contributed by atoms with E-state index in [1.807, 2.05) is 42.5 Å². The Balaban J connectivity index is 1.98. The highest BCUT2D eigenvalue weighted by Gasteiger charge is 2.24. The third-order valence-electron chi connectivity index (χ3n) is 4.10. The largest absolute Gasteiger partial charge is 0.461 e. The number of aromatic nitrogens is 4. The van der Waals surface area contributed by atoms with Crippen molar-refractivity contribution in [1.82, 2.24) is 20.0 Å². The minimum atomic E-state index is -0.510. The fourth-order valence-electron chi connectivity index (χ4n) is 2.93. The number of fused-ring (bicyclic) bond motifs is 1. The van der Waals surface area contributed by atoms with Gasteiger partial charge in [-0.1, -0.05) is 47.1 Å². The summed E-state index contributed by atoms with van der Waals surface area (Å²) in [5, 5.41) is 9.79. The van der Waals surface area contributed by atoms with Gasteiger partial charge in [-0.05, 0) is 31.2 Å². The van der Waals surface area contributed by atoms with Crippen LogP contribution in [-0.4, -0.2) is 32.6 Å². The quantitative estimate of drug-likeness (QED) is 0.495. The third kappa shape index (κ3) is 3.15. The van der Waals surface area contributed by atoms with Crippen LogP contribution in [0.4, 0.5) is 0 Å². The smallest absolute Gasteiger partial charge is 0.361 e. The first-order chi connectivity index (χ1) is 13.2. The van der Waals surface area contributed by atoms with Gasteiger partial charge in [0.25, 0.3) is 0 Å². The summed E-state index contributed by atoms with van der Waals surface area (Å²) in [7, 11) is 0. The van der Waals surface area contributed by atoms with E-state index in [-0.39, 0.29) is 12.3 Å². The molecule has 4 aromatic rings. The van der Waals surface area contributed by atoms with Gasteiger partial charge in [0.05, 0.1) is 17.8 Å². The number of rotatable bonds is 4. The van der Waals surface area contributed by atoms with E-state index in [9.17, 15) is 4.79 Å². The molecule has 0 aliphatic rings. The second-order valence-corrected chi connectivity index (χ2v) is 6.21. The summed E-state index contributed by atoms with van der Waals surface area (Å²) in [6, 6.07) is 16.8. The molecule has 0 radical (unpaired) electrons. The molecule has 2 aromatic carbocycles. The fourth-order valence-corrected chi connectivity index (χ4v) is 3.10. The number of carbonyl (C=O) groups is 1. The predicted octanol–water partition coefficient (Wildman–Crippen LogP) is 4.31. The van der Waals surface area contributed by atoms with Crippen molar-refractivity contribution in [3.8, 4) is 16.9 Å². The highest BCUT2D eigenvalue weighted by atomic mass is 35.5. The Kier molecular flexibility index (Phi) is 4.56. The monoisotopic (exact) mass is 378 g/mol. The first kappa shape index (κ1) is 17.2. The molecule has 0 atom stereocenters. The maximum Gasteiger partial charge on any atom is 0.361 e. The number of hydrogen-bond acceptors (Lipinski definition) is 5. The van der Waals surface area contributed by atoms with Gasteiger partial charge >= 0.3 is 5.97 Å². The lowest BCUT2D eigenvalue weighted by molar-refractivity contribution is 0.0520. The molecular formula is C20H15ClN4O2. The Morgan fingerprint density at radius 2 is 1.96 bits per heavy atom. The highest BCUT2D eigenvalue weighted by Crippen LogP contribution is 2.29. The second-order valence-electron chi connectivity index (χ2n) is 5.78. The molecule has 0 N–H and O–H groups in total. The number of benzene rings is 2. The number of ether oxygens (including phenoxy) is 1. The summed E-state index contributed by atoms with van der Waals surface area (Å²) < 4.78 is 6.80. The molecule has 2 heterocycles. The molecule has 6 nitrogen and oxygen atoms in total. The van der Waals surface area contributed by atoms with E-state index in [4.69, 9.17) is 16.3 Å². The van der Waals surface area contributed by atoms with Crippen LogP contribution >= 0.6 is 11.6 Å². The summed E-state index contributed by atoms with van der Waals surface area (Å²) in [6.07, 6.45) is 1.68. The summed E-state index contributed by atoms with van der Waals surface area (Å²) in [5.74, 6) is -0.510. The van der Waals surface area contributed by atoms with E-state index in [2.05, 4.69) is 15.3 Å². The van der Waals surface area contributed by atoms with Gasteiger partial charge < -0.3 is 4.74 Å². The molecule has 0 unspecified atom stereocenters. The zero-order valence-electron chi connectivity index (χ0n) is 14.5. The predicted molar refractivity (Wildman–Crippen MR) is 103 cm³/mol. The average molecular weight is 379 g/mol. The Morgan fingerprint density at radius 3 is 2.74 bits per heavy atom. The SMILES string of the molecule is CCOC(=O)c1nnn(-c2ccnc3cc(Cl)ccc23)c1-c1ccccc1. The van der Waals surface area contributed by atoms with Crippen LogP contribution in [0, 0.1) is 0 Å². The molecule has 27 heavy (non-hydrogen) atoms. The standard InChI is InChI=1S/C20H15ClN4O2/c1-2-27-20(26)18-19(13-6-4-3-5-7-13)25(24-23-18)17-10-11-22-16-12-14(21)8-9-15(16)17/h3-12H,2H2,1H3. The maximum atomic E-state index is 12.4. The summed E-state index contributed by atoms with van der Waals surface area (Å²) in [6.45, 7) is 2.02. The van der Waals surface area contributed by atoms with E-state index in [1.165, 1.54) is 0 Å². The molecule has 0 amide bonds. The summed E-state index contributed by atoms with van der Waals surface area (Å²) in [4.78, 5) is 16.8. The van der Waals surface area contributed by atoms with Gasteiger partial charge in [-0.15, -0.1) is 5.10 Å². The van der Waals surface area contributed by atoms with E-state index >= 15 is 0 Å². The summed E-state index contributed by atoms with van der Waals surface area (Å²) in [5.41, 5.74) is 3.02. The van der Waals surface area contributed by atoms with Crippen LogP contribution in [-0.2, 0) is 4.74 Å². The minimum absolute atomic E-state index is 0.168. The molecule has 0 aliphatic carbocycles. The molecule has 0 saturated heterocycles. The first-order valence-electron chi connectivity index (χ1n) is 8.42. The van der Waals surface area contributed by atoms with E-state index in [0.717, 1.165) is 22.2 Å². The molecule has 134 valence electrons. The molecule has 0 fully saturated rings. The van der Waals surface area contributed by atoms with Gasteiger partial charge in [-0.2, -0.15) is 0 Å². The van der Waals surface area contributed by atoms with Crippen LogP contribution < -0.4 is 0 Å². The fraction of sp³-hybridized carbons (Fsp3) is 0.100. The van der Waals surface area contributed by atoms with Gasteiger partial charge in [0, 0.05) is 22.2 Å². The van der Waals surface area contributed by atoms with Crippen LogP contribution in [0.2, 0.25) is 5.02 Å². The molecule has 0 aliphatic heterocycles. The molecule has 0 saturated carbocycles. The number of carbonyl (C=O) groups excluding carboxylic acids is 1. The zero-order chi connectivity index (χ0) is 18.8. The van der Waals surface area contributed by atoms with E-state index in [0.29, 0.717) is 10.7 Å². The van der Waals surface area contributed by atoms with Crippen molar-refractivity contribution in [2.45, 2.75) is 6.92 Å². The average Bonchev–Trinajstić information content (AvgIpc) is 3.13. The topological polar surface area (TPSA) is 69.9 Å². The first-order valence-corrected chi connectivity index (χ1v) is 8.79. The van der Waals surface area contributed by atoms with Crippen molar-refractivity contribution in [2.75, 3.05) is 6.61 Å². The number of hydrogen-bond donors (Lipinski definition) is 0. The maximum absolute atomic E-state index is 12.4. The lowest BCUT2D eigenvalue weighted by atomic mass is 10.1. The van der Waals surface area contributed by atoms with Crippen molar-refractivity contribution in [1.29, 1.82) is 0 Å². The van der Waals surface area contributed by atoms with Gasteiger partial charge in [0.2, 0.25) is 0 Å². The molecule has 7 heteroatoms. The van der Waals surface area contributed by atoms with Crippen molar-refractivity contribution >= 4 is 28.5 Å². The Labute approximate surface area is 160 Å². The third-order valence-corrected chi connectivity index (χ3v) is 4.33. The Morgan fingerprint density at radius 1 is 1.15 bits per heavy atom. The summed E-state index contributed by atoms with van der Waals surface area (Å²) >= 11 is 6.09. The Hall–Kier alpha value is -3.25. The second kappa shape index (κ2) is 7.17. The molecular weight excluding hydrogens is 364 g/mol. The lowest BCUT2D eigenvalue weighted by Gasteiger charge is -2.10. The van der Waals surface area contributed by atoms with Crippen molar-refractivity contribution in [3.63, 3.8) is 0 Å². The molecule has 0 bridgehead atoms. The molecule has 4 rings (SSSR count). The van der Waals surface area contributed by atoms with Gasteiger partial charge in [-0.25, -0.2) is 9.48 Å². The van der Waals surface area contributed by atoms with E-state index in [1.54, 1.807) is 29.9 Å². The zero-order valence-corrected chi connectivity index (χ0v) is 15.2. The number of pyridine rings is 1. The van der Waals surface area contributed by atoms with Gasteiger partial charge in [-0.3, -0.25) is 4.98 Å². The van der Waals surface area contributed by atoms with Crippen LogP contribution in [0.15, 0.2) is 60.8 Å². The number of nitrogens with zero attached hydrogens (tertiary/aromatic N) is 4. The molecule has 0 spiro atoms. The van der Waals surface area contributed by atoms with Gasteiger partial charge in [0.15, 0.2) is 5.69 Å². The minimum Gasteiger partial charge on any atom is -0.461 e. The molecule has 2 aromatic heterocycles. The van der Waals surface area contributed by atoms with Crippen LogP contribution in [0.1, 0.15) is 17.4 Å². The van der Waals surface area contributed by atoms with Crippen LogP contribution in [0.25, 0.3) is 27.8 Å². The van der Waals surface area contributed by atoms with Crippen LogP contribution in [0.5, 0.6) is 0 Å². The van der Waals surface area contributed by atoms with Gasteiger partial charge in [0.1, 0.15) is 5.69 Å². The normalized spacial score (nSPS) is 10.9.